The van der Waals surface area contributed by atoms with Crippen molar-refractivity contribution in [2.75, 3.05) is 18.9 Å². The van der Waals surface area contributed by atoms with E-state index in [1.807, 2.05) is 0 Å². The number of nitrogens with one attached hydrogen (secondary N) is 1. The molecule has 0 bridgehead atoms. The first-order valence-electron chi connectivity index (χ1n) is 10.00. The van der Waals surface area contributed by atoms with Crippen LogP contribution in [0.3, 0.4) is 0 Å². The quantitative estimate of drug-likeness (QED) is 0.665. The number of aliphatic imine (C=N–C) groups is 1. The Hall–Kier alpha value is -3.36. The summed E-state index contributed by atoms with van der Waals surface area (Å²) in [5.41, 5.74) is 6.05. The minimum atomic E-state index is -3.84. The highest BCUT2D eigenvalue weighted by Gasteiger charge is 2.48. The first-order chi connectivity index (χ1) is 15.2. The van der Waals surface area contributed by atoms with E-state index in [9.17, 15) is 17.6 Å². The minimum absolute atomic E-state index is 0.0797. The molecule has 33 heavy (non-hydrogen) atoms. The summed E-state index contributed by atoms with van der Waals surface area (Å²) in [6.07, 6.45) is 1.30. The number of hydrogen-bond acceptors (Lipinski definition) is 6. The zero-order chi connectivity index (χ0) is 24.8. The summed E-state index contributed by atoms with van der Waals surface area (Å²) >= 11 is 0. The van der Waals surface area contributed by atoms with E-state index in [4.69, 9.17) is 12.3 Å². The first-order valence-corrected chi connectivity index (χ1v) is 11.4. The Morgan fingerprint density at radius 3 is 2.58 bits per heavy atom. The molecule has 0 saturated heterocycles. The van der Waals surface area contributed by atoms with Gasteiger partial charge in [0.05, 0.1) is 6.57 Å². The molecule has 1 atom stereocenters. The maximum absolute atomic E-state index is 14.9. The average Bonchev–Trinajstić information content (AvgIpc) is 2.77. The normalized spacial score (nSPS) is 22.0. The zero-order valence-corrected chi connectivity index (χ0v) is 19.8. The second-order valence-corrected chi connectivity index (χ2v) is 11.3. The number of amidine groups is 1. The van der Waals surface area contributed by atoms with Crippen LogP contribution in [-0.2, 0) is 15.6 Å². The summed E-state index contributed by atoms with van der Waals surface area (Å²) in [6, 6.07) is 5.52. The molecule has 174 valence electrons. The van der Waals surface area contributed by atoms with E-state index < -0.39 is 32.0 Å². The van der Waals surface area contributed by atoms with Gasteiger partial charge < -0.3 is 11.1 Å². The molecule has 2 heterocycles. The molecule has 2 aromatic rings. The lowest BCUT2D eigenvalue weighted by molar-refractivity contribution is 0.102. The smallest absolute Gasteiger partial charge is 0.274 e. The minimum Gasteiger partial charge on any atom is -0.386 e. The second kappa shape index (κ2) is 8.20. The van der Waals surface area contributed by atoms with Gasteiger partial charge in [0.2, 0.25) is 15.7 Å². The Morgan fingerprint density at radius 2 is 1.97 bits per heavy atom. The van der Waals surface area contributed by atoms with Crippen LogP contribution in [0.15, 0.2) is 35.5 Å². The fourth-order valence-electron chi connectivity index (χ4n) is 3.69. The number of aromatic nitrogens is 1. The molecule has 0 spiro atoms. The molecule has 1 aliphatic rings. The van der Waals surface area contributed by atoms with Crippen LogP contribution in [0.1, 0.15) is 42.4 Å². The van der Waals surface area contributed by atoms with Gasteiger partial charge >= 0.3 is 0 Å². The Labute approximate surface area is 192 Å². The number of benzene rings is 1. The topological polar surface area (TPSA) is 122 Å². The second-order valence-electron chi connectivity index (χ2n) is 8.66. The van der Waals surface area contributed by atoms with E-state index in [1.165, 1.54) is 45.3 Å². The van der Waals surface area contributed by atoms with Gasteiger partial charge in [0, 0.05) is 31.0 Å². The number of sulfonamides is 1. The molecule has 1 aromatic heterocycles. The van der Waals surface area contributed by atoms with Crippen LogP contribution < -0.4 is 11.1 Å². The Kier molecular flexibility index (Phi) is 6.04. The van der Waals surface area contributed by atoms with Crippen molar-refractivity contribution >= 4 is 33.1 Å². The number of nitrogens with zero attached hydrogens (tertiary/aromatic N) is 4. The number of nitrogens with two attached hydrogens (primary N) is 1. The number of carbonyl (C=O) groups excluding carboxylic acids is 1. The summed E-state index contributed by atoms with van der Waals surface area (Å²) in [7, 11) is -2.44. The molecule has 9 nitrogen and oxygen atoms in total. The van der Waals surface area contributed by atoms with Crippen molar-refractivity contribution in [3.8, 4) is 0 Å². The third-order valence-electron chi connectivity index (χ3n) is 5.78. The largest absolute Gasteiger partial charge is 0.386 e. The van der Waals surface area contributed by atoms with Crippen molar-refractivity contribution in [2.24, 2.45) is 10.7 Å². The summed E-state index contributed by atoms with van der Waals surface area (Å²) < 4.78 is 40.4. The molecule has 0 aliphatic carbocycles. The monoisotopic (exact) mass is 472 g/mol. The summed E-state index contributed by atoms with van der Waals surface area (Å²) in [5.74, 6) is -1.28. The zero-order valence-electron chi connectivity index (χ0n) is 19.0. The Bertz CT molecular complexity index is 1320. The standard InChI is InChI=1S/C22H25FN6O3S/c1-13-9-15(25-5)11-26-18(13)19(30)27-14-7-8-17(23)16(10-14)22(4)12-29(6)33(31,32)21(2,3)20(24)28-22/h7-11H,12H2,1-4,6H3,(H2,24,28)(H,27,30)/t22-/m0/s1. The fraction of sp³-hybridized carbons (Fsp3) is 0.364. The van der Waals surface area contributed by atoms with E-state index in [0.29, 0.717) is 11.3 Å². The van der Waals surface area contributed by atoms with Gasteiger partial charge in [0.1, 0.15) is 27.6 Å². The molecule has 1 aliphatic heterocycles. The lowest BCUT2D eigenvalue weighted by Gasteiger charge is -2.29. The number of carbonyl (C=O) groups is 1. The number of amides is 1. The lowest BCUT2D eigenvalue weighted by Crippen LogP contribution is -2.50. The molecule has 3 rings (SSSR count). The third kappa shape index (κ3) is 4.19. The number of rotatable bonds is 3. The number of pyridine rings is 1. The number of halogens is 1. The van der Waals surface area contributed by atoms with Crippen molar-refractivity contribution in [3.63, 3.8) is 0 Å². The van der Waals surface area contributed by atoms with Crippen molar-refractivity contribution in [2.45, 2.75) is 38.0 Å². The van der Waals surface area contributed by atoms with Crippen LogP contribution in [0.25, 0.3) is 4.85 Å². The molecule has 3 N–H and O–H groups in total. The third-order valence-corrected chi connectivity index (χ3v) is 8.23. The van der Waals surface area contributed by atoms with Gasteiger partial charge in [-0.3, -0.25) is 14.8 Å². The molecule has 0 fully saturated rings. The maximum Gasteiger partial charge on any atom is 0.274 e. The summed E-state index contributed by atoms with van der Waals surface area (Å²) in [4.78, 5) is 24.5. The van der Waals surface area contributed by atoms with Crippen LogP contribution in [-0.4, -0.2) is 47.8 Å². The molecule has 11 heteroatoms. The molecule has 0 radical (unpaired) electrons. The van der Waals surface area contributed by atoms with E-state index in [1.54, 1.807) is 19.9 Å². The van der Waals surface area contributed by atoms with E-state index in [0.717, 1.165) is 4.31 Å². The van der Waals surface area contributed by atoms with Crippen LogP contribution in [0.4, 0.5) is 15.8 Å². The van der Waals surface area contributed by atoms with Crippen molar-refractivity contribution in [1.29, 1.82) is 0 Å². The summed E-state index contributed by atoms with van der Waals surface area (Å²) in [5, 5.41) is 2.67. The number of aryl methyl sites for hydroxylation is 1. The first kappa shape index (κ1) is 24.3. The fourth-order valence-corrected chi connectivity index (χ4v) is 5.20. The SMILES string of the molecule is [C-]#[N+]c1cnc(C(=O)Nc2ccc(F)c([C@]3(C)CN(C)S(=O)(=O)C(C)(C)C(N)=N3)c2)c(C)c1. The van der Waals surface area contributed by atoms with Gasteiger partial charge in [-0.05, 0) is 57.5 Å². The van der Waals surface area contributed by atoms with Gasteiger partial charge in [-0.2, -0.15) is 0 Å². The van der Waals surface area contributed by atoms with Crippen molar-refractivity contribution in [1.82, 2.24) is 9.29 Å². The van der Waals surface area contributed by atoms with Crippen LogP contribution in [0, 0.1) is 19.3 Å². The summed E-state index contributed by atoms with van der Waals surface area (Å²) in [6.45, 7) is 13.0. The van der Waals surface area contributed by atoms with Gasteiger partial charge in [-0.15, -0.1) is 0 Å². The predicted octanol–water partition coefficient (Wildman–Crippen LogP) is 2.96. The number of anilines is 1. The van der Waals surface area contributed by atoms with Gasteiger partial charge in [-0.25, -0.2) is 22.0 Å². The number of likely N-dealkylation sites (N-methyl/N-ethyl adjacent to an activating group) is 1. The highest BCUT2D eigenvalue weighted by atomic mass is 32.2. The predicted molar refractivity (Wildman–Crippen MR) is 124 cm³/mol. The molecular formula is C22H25FN6O3S. The molecule has 1 amide bonds. The Morgan fingerprint density at radius 1 is 1.30 bits per heavy atom. The Balaban J connectivity index is 2.02. The van der Waals surface area contributed by atoms with Gasteiger partial charge in [0.25, 0.3) is 5.91 Å². The molecule has 1 aromatic carbocycles. The average molecular weight is 473 g/mol. The van der Waals surface area contributed by atoms with Gasteiger partial charge in [-0.1, -0.05) is 0 Å². The molecule has 0 saturated carbocycles. The van der Waals surface area contributed by atoms with Gasteiger partial charge in [0.15, 0.2) is 0 Å². The number of hydrogen-bond donors (Lipinski definition) is 2. The highest BCUT2D eigenvalue weighted by molar-refractivity contribution is 7.91. The van der Waals surface area contributed by atoms with E-state index in [-0.39, 0.29) is 29.3 Å². The van der Waals surface area contributed by atoms with Crippen molar-refractivity contribution < 1.29 is 17.6 Å². The van der Waals surface area contributed by atoms with E-state index in [2.05, 4.69) is 20.1 Å². The van der Waals surface area contributed by atoms with Crippen LogP contribution in [0.2, 0.25) is 0 Å². The van der Waals surface area contributed by atoms with Crippen molar-refractivity contribution in [3.05, 3.63) is 64.5 Å². The van der Waals surface area contributed by atoms with E-state index >= 15 is 0 Å². The van der Waals surface area contributed by atoms with Crippen LogP contribution in [0.5, 0.6) is 0 Å². The maximum atomic E-state index is 14.9. The molecule has 0 unspecified atom stereocenters. The van der Waals surface area contributed by atoms with Crippen LogP contribution >= 0.6 is 0 Å². The molecular weight excluding hydrogens is 447 g/mol. The highest BCUT2D eigenvalue weighted by Crippen LogP contribution is 2.36. The lowest BCUT2D eigenvalue weighted by atomic mass is 9.91.